The molecule has 8 nitrogen and oxygen atoms in total. The molecule has 9 heteroatoms. The lowest BCUT2D eigenvalue weighted by atomic mass is 9.80. The van der Waals surface area contributed by atoms with E-state index in [1.165, 1.54) is 6.08 Å². The van der Waals surface area contributed by atoms with E-state index >= 15 is 0 Å². The quantitative estimate of drug-likeness (QED) is 0.207. The minimum atomic E-state index is -0.485. The third-order valence-electron chi connectivity index (χ3n) is 8.77. The van der Waals surface area contributed by atoms with Gasteiger partial charge < -0.3 is 28.5 Å². The molecule has 0 radical (unpaired) electrons. The SMILES string of the molecule is C=C1C[C@@H]2C[C@@H]3C[C@@H](O)C[C@@H](O3)c3coc(n3)C=CC[C@H]3O[C@@H](C(C)=CI)[C@H](C)C(OC(=O)C=CC[C@@H](C1)O2)[C@H]3C. The van der Waals surface area contributed by atoms with Crippen LogP contribution in [0.2, 0.25) is 0 Å². The first-order valence-corrected chi connectivity index (χ1v) is 16.0. The molecule has 1 aromatic rings. The molecule has 41 heavy (non-hydrogen) atoms. The van der Waals surface area contributed by atoms with Crippen LogP contribution in [0, 0.1) is 11.8 Å². The monoisotopic (exact) mass is 679 g/mol. The van der Waals surface area contributed by atoms with E-state index in [0.29, 0.717) is 43.7 Å². The molecule has 1 N–H and O–H groups in total. The van der Waals surface area contributed by atoms with Crippen molar-refractivity contribution in [1.82, 2.24) is 4.98 Å². The van der Waals surface area contributed by atoms with Crippen molar-refractivity contribution in [2.24, 2.45) is 11.8 Å². The van der Waals surface area contributed by atoms with Crippen LogP contribution >= 0.6 is 22.6 Å². The minimum absolute atomic E-state index is 0.00460. The van der Waals surface area contributed by atoms with Crippen molar-refractivity contribution in [1.29, 1.82) is 0 Å². The summed E-state index contributed by atoms with van der Waals surface area (Å²) < 4.78 is 33.2. The summed E-state index contributed by atoms with van der Waals surface area (Å²) >= 11 is 2.23. The van der Waals surface area contributed by atoms with Gasteiger partial charge in [-0.25, -0.2) is 9.78 Å². The Balaban J connectivity index is 1.41. The molecule has 1 unspecified atom stereocenters. The predicted molar refractivity (Wildman–Crippen MR) is 163 cm³/mol. The zero-order chi connectivity index (χ0) is 29.1. The van der Waals surface area contributed by atoms with Crippen molar-refractivity contribution in [2.45, 2.75) is 115 Å². The summed E-state index contributed by atoms with van der Waals surface area (Å²) in [6.45, 7) is 10.5. The van der Waals surface area contributed by atoms with Crippen molar-refractivity contribution in [3.63, 3.8) is 0 Å². The summed E-state index contributed by atoms with van der Waals surface area (Å²) in [6, 6.07) is 0. The summed E-state index contributed by atoms with van der Waals surface area (Å²) in [4.78, 5) is 17.6. The Labute approximate surface area is 256 Å². The highest BCUT2D eigenvalue weighted by Gasteiger charge is 2.43. The number of rotatable bonds is 1. The molecular formula is C32H42INO7. The zero-order valence-corrected chi connectivity index (χ0v) is 26.3. The molecule has 0 aliphatic carbocycles. The Morgan fingerprint density at radius 2 is 1.80 bits per heavy atom. The van der Waals surface area contributed by atoms with E-state index < -0.39 is 6.10 Å². The van der Waals surface area contributed by atoms with Crippen LogP contribution in [0.1, 0.15) is 83.4 Å². The molecule has 3 saturated heterocycles. The molecule has 0 amide bonds. The van der Waals surface area contributed by atoms with Crippen LogP contribution < -0.4 is 0 Å². The van der Waals surface area contributed by atoms with Crippen LogP contribution in [0.5, 0.6) is 0 Å². The summed E-state index contributed by atoms with van der Waals surface area (Å²) in [6.07, 6.45) is 11.5. The van der Waals surface area contributed by atoms with Crippen molar-refractivity contribution < 1.29 is 33.3 Å². The van der Waals surface area contributed by atoms with Crippen LogP contribution in [-0.2, 0) is 23.7 Å². The Morgan fingerprint density at radius 1 is 1.02 bits per heavy atom. The van der Waals surface area contributed by atoms with E-state index in [9.17, 15) is 9.90 Å². The number of nitrogens with zero attached hydrogens (tertiary/aromatic N) is 1. The van der Waals surface area contributed by atoms with Crippen molar-refractivity contribution >= 4 is 34.6 Å². The summed E-state index contributed by atoms with van der Waals surface area (Å²) in [5.41, 5.74) is 2.92. The fourth-order valence-corrected chi connectivity index (χ4v) is 7.04. The topological polar surface area (TPSA) is 100 Å². The first-order chi connectivity index (χ1) is 19.7. The second-order valence-corrected chi connectivity index (χ2v) is 12.7. The molecule has 0 aromatic carbocycles. The Hall–Kier alpha value is -1.79. The highest BCUT2D eigenvalue weighted by Crippen LogP contribution is 2.38. The van der Waals surface area contributed by atoms with E-state index in [1.54, 1.807) is 6.26 Å². The number of ether oxygens (including phenoxy) is 4. The lowest BCUT2D eigenvalue weighted by molar-refractivity contribution is -0.180. The number of hydrogen-bond acceptors (Lipinski definition) is 8. The van der Waals surface area contributed by atoms with Gasteiger partial charge in [0.05, 0.1) is 36.6 Å². The summed E-state index contributed by atoms with van der Waals surface area (Å²) in [5, 5.41) is 10.6. The van der Waals surface area contributed by atoms with Gasteiger partial charge in [-0.3, -0.25) is 0 Å². The van der Waals surface area contributed by atoms with Crippen molar-refractivity contribution in [3.05, 3.63) is 57.9 Å². The van der Waals surface area contributed by atoms with Gasteiger partial charge in [0.25, 0.3) is 0 Å². The Morgan fingerprint density at radius 3 is 2.61 bits per heavy atom. The van der Waals surface area contributed by atoms with Crippen LogP contribution in [0.4, 0.5) is 0 Å². The second kappa shape index (κ2) is 13.7. The van der Waals surface area contributed by atoms with Crippen molar-refractivity contribution in [2.75, 3.05) is 0 Å². The summed E-state index contributed by atoms with van der Waals surface area (Å²) in [7, 11) is 0. The van der Waals surface area contributed by atoms with Gasteiger partial charge in [0, 0.05) is 30.8 Å². The molecule has 224 valence electrons. The number of oxazole rings is 1. The standard InChI is InChI=1S/C32H42INO7/c1-18-11-23-7-5-10-30(36)41-32-20(3)27(40-31(21(32)4)19(2)16-33)8-6-9-29-34-26(17-37-29)28-14-22(35)13-25(39-28)15-24(12-18)38-23/h5-6,9-10,16-17,20-25,27-28,31-32,35H,1,7-8,11-15H2,2-4H3/t20-,21-,22+,23-,24+,25-,27+,28+,31-,32?/m0/s1. The Kier molecular flexibility index (Phi) is 10.2. The van der Waals surface area contributed by atoms with Crippen LogP contribution in [-0.4, -0.2) is 58.8 Å². The van der Waals surface area contributed by atoms with Gasteiger partial charge in [-0.05, 0) is 54.8 Å². The molecule has 10 atom stereocenters. The Bertz CT molecular complexity index is 1170. The maximum atomic E-state index is 13.0. The smallest absolute Gasteiger partial charge is 0.330 e. The van der Waals surface area contributed by atoms with Gasteiger partial charge in [-0.2, -0.15) is 0 Å². The normalized spacial score (nSPS) is 39.1. The number of carbonyl (C=O) groups is 1. The average molecular weight is 680 g/mol. The number of esters is 1. The molecule has 8 bridgehead atoms. The molecule has 0 saturated carbocycles. The molecule has 4 aliphatic heterocycles. The van der Waals surface area contributed by atoms with E-state index in [2.05, 4.69) is 54.9 Å². The minimum Gasteiger partial charge on any atom is -0.458 e. The highest BCUT2D eigenvalue weighted by molar-refractivity contribution is 14.1. The van der Waals surface area contributed by atoms with Crippen molar-refractivity contribution in [3.8, 4) is 0 Å². The van der Waals surface area contributed by atoms with E-state index in [1.807, 2.05) is 22.3 Å². The predicted octanol–water partition coefficient (Wildman–Crippen LogP) is 6.40. The number of aliphatic hydroxyl groups is 1. The van der Waals surface area contributed by atoms with Crippen LogP contribution in [0.3, 0.4) is 0 Å². The van der Waals surface area contributed by atoms with Crippen LogP contribution in [0.15, 0.2) is 50.7 Å². The first-order valence-electron chi connectivity index (χ1n) is 14.8. The van der Waals surface area contributed by atoms with Gasteiger partial charge in [-0.1, -0.05) is 60.7 Å². The number of hydrogen-bond donors (Lipinski definition) is 1. The van der Waals surface area contributed by atoms with Gasteiger partial charge in [0.1, 0.15) is 24.2 Å². The number of fused-ring (bicyclic) bond motifs is 9. The lowest BCUT2D eigenvalue weighted by Crippen LogP contribution is -2.50. The van der Waals surface area contributed by atoms with Crippen LogP contribution in [0.25, 0.3) is 6.08 Å². The molecule has 5 heterocycles. The molecule has 5 rings (SSSR count). The molecule has 3 fully saturated rings. The fraction of sp³-hybridized carbons (Fsp3) is 0.625. The van der Waals surface area contributed by atoms with Gasteiger partial charge in [-0.15, -0.1) is 0 Å². The second-order valence-electron chi connectivity index (χ2n) is 12.1. The van der Waals surface area contributed by atoms with E-state index in [0.717, 1.165) is 24.0 Å². The number of carbonyl (C=O) groups excluding carboxylic acids is 1. The highest BCUT2D eigenvalue weighted by atomic mass is 127. The fourth-order valence-electron chi connectivity index (χ4n) is 6.68. The zero-order valence-electron chi connectivity index (χ0n) is 24.1. The molecule has 4 aliphatic rings. The van der Waals surface area contributed by atoms with Gasteiger partial charge in [0.15, 0.2) is 0 Å². The number of aliphatic hydroxyl groups excluding tert-OH is 1. The molecular weight excluding hydrogens is 637 g/mol. The third-order valence-corrected chi connectivity index (χ3v) is 9.75. The number of aromatic nitrogens is 1. The average Bonchev–Trinajstić information content (AvgIpc) is 3.40. The maximum Gasteiger partial charge on any atom is 0.330 e. The van der Waals surface area contributed by atoms with E-state index in [4.69, 9.17) is 23.4 Å². The first kappa shape index (κ1) is 30.7. The van der Waals surface area contributed by atoms with Gasteiger partial charge >= 0.3 is 5.97 Å². The lowest BCUT2D eigenvalue weighted by Gasteiger charge is -2.44. The number of halogens is 1. The summed E-state index contributed by atoms with van der Waals surface area (Å²) in [5.74, 6) is 0.120. The maximum absolute atomic E-state index is 13.0. The molecule has 1 aromatic heterocycles. The van der Waals surface area contributed by atoms with E-state index in [-0.39, 0.29) is 60.5 Å². The molecule has 0 spiro atoms. The third kappa shape index (κ3) is 7.60. The van der Waals surface area contributed by atoms with Gasteiger partial charge in [0.2, 0.25) is 5.89 Å². The largest absolute Gasteiger partial charge is 0.458 e.